The first-order valence-corrected chi connectivity index (χ1v) is 14.2. The molecule has 0 aliphatic carbocycles. The summed E-state index contributed by atoms with van der Waals surface area (Å²) < 4.78 is 71.2. The molecule has 2 saturated heterocycles. The predicted octanol–water partition coefficient (Wildman–Crippen LogP) is 5.60. The topological polar surface area (TPSA) is 130 Å². The lowest BCUT2D eigenvalue weighted by atomic mass is 9.94. The molecule has 1 amide bonds. The molecule has 6 rings (SSSR count). The van der Waals surface area contributed by atoms with E-state index < -0.39 is 63.8 Å². The van der Waals surface area contributed by atoms with Crippen LogP contribution in [0.15, 0.2) is 6.07 Å². The maximum Gasteiger partial charge on any atom is 0.418 e. The normalized spacial score (nSPS) is 22.8. The summed E-state index contributed by atoms with van der Waals surface area (Å²) in [4.78, 5) is 29.6. The number of halogens is 4. The first-order chi connectivity index (χ1) is 20.5. The number of rotatable bonds is 1. The van der Waals surface area contributed by atoms with Crippen LogP contribution in [0.25, 0.3) is 22.0 Å². The van der Waals surface area contributed by atoms with Crippen molar-refractivity contribution in [3.05, 3.63) is 34.4 Å². The Balaban J connectivity index is 1.57. The van der Waals surface area contributed by atoms with E-state index in [4.69, 9.17) is 20.2 Å². The van der Waals surface area contributed by atoms with Gasteiger partial charge in [0.05, 0.1) is 41.3 Å². The Labute approximate surface area is 250 Å². The van der Waals surface area contributed by atoms with Gasteiger partial charge in [0.15, 0.2) is 11.4 Å². The van der Waals surface area contributed by atoms with Gasteiger partial charge in [0.2, 0.25) is 5.88 Å². The first kappa shape index (κ1) is 29.7. The maximum atomic E-state index is 16.6. The number of nitrogens with zero attached hydrogens (tertiary/aromatic N) is 6. The van der Waals surface area contributed by atoms with Gasteiger partial charge in [-0.25, -0.2) is 24.1 Å². The van der Waals surface area contributed by atoms with Crippen molar-refractivity contribution in [2.45, 2.75) is 83.8 Å². The van der Waals surface area contributed by atoms with Crippen LogP contribution in [0, 0.1) is 37.9 Å². The molecule has 0 spiro atoms. The molecule has 0 radical (unpaired) electrons. The number of hydrogen-bond donors (Lipinski definition) is 1. The number of aromatic nitrogens is 3. The molecule has 2 bridgehead atoms. The molecule has 2 N–H and O–H groups in total. The van der Waals surface area contributed by atoms with Crippen molar-refractivity contribution >= 4 is 28.5 Å². The molecule has 2 fully saturated rings. The van der Waals surface area contributed by atoms with Crippen molar-refractivity contribution in [3.8, 4) is 23.2 Å². The summed E-state index contributed by atoms with van der Waals surface area (Å²) in [6, 6.07) is 2.24. The minimum atomic E-state index is -4.87. The van der Waals surface area contributed by atoms with Gasteiger partial charge in [-0.1, -0.05) is 0 Å². The Bertz CT molecular complexity index is 1780. The van der Waals surface area contributed by atoms with Crippen LogP contribution in [0.4, 0.5) is 34.0 Å². The molecule has 0 unspecified atom stereocenters. The standard InChI is InChI=1S/C30H31F4N7O3/c1-13-14(2)38-25-21-20(13)23(31)24(16-9-19(36)37-15(3)22(16)30(32,33)34)39-26(21)43-10-18-17-7-8-29(11-35,12-40(18)25)41(17)27(42)44-28(4,5)6/h9,17-18H,7-8,10,12H2,1-6H3,(H2,36,37)/t17-,18+,29-/m0/s1. The van der Waals surface area contributed by atoms with Crippen LogP contribution in [-0.2, 0) is 10.9 Å². The molecule has 44 heavy (non-hydrogen) atoms. The van der Waals surface area contributed by atoms with Crippen LogP contribution >= 0.6 is 0 Å². The van der Waals surface area contributed by atoms with Crippen molar-refractivity contribution in [3.63, 3.8) is 0 Å². The summed E-state index contributed by atoms with van der Waals surface area (Å²) in [7, 11) is 0. The number of nitriles is 1. The zero-order valence-electron chi connectivity index (χ0n) is 25.1. The number of nitrogen functional groups attached to an aromatic ring is 1. The average Bonchev–Trinajstić information content (AvgIpc) is 3.11. The summed E-state index contributed by atoms with van der Waals surface area (Å²) in [5.41, 5.74) is 1.90. The number of anilines is 2. The summed E-state index contributed by atoms with van der Waals surface area (Å²) in [6.07, 6.45) is -4.64. The van der Waals surface area contributed by atoms with E-state index in [0.717, 1.165) is 13.0 Å². The first-order valence-electron chi connectivity index (χ1n) is 14.2. The summed E-state index contributed by atoms with van der Waals surface area (Å²) in [5.74, 6) is -1.03. The number of carbonyl (C=O) groups is 1. The third kappa shape index (κ3) is 4.35. The van der Waals surface area contributed by atoms with Crippen LogP contribution < -0.4 is 15.4 Å². The molecule has 3 aliphatic heterocycles. The highest BCUT2D eigenvalue weighted by molar-refractivity contribution is 6.01. The molecule has 3 aromatic rings. The van der Waals surface area contributed by atoms with E-state index in [1.807, 2.05) is 4.90 Å². The minimum Gasteiger partial charge on any atom is -0.475 e. The van der Waals surface area contributed by atoms with Crippen LogP contribution in [-0.4, -0.2) is 62.3 Å². The van der Waals surface area contributed by atoms with Gasteiger partial charge in [-0.15, -0.1) is 0 Å². The van der Waals surface area contributed by atoms with E-state index in [2.05, 4.69) is 16.0 Å². The summed E-state index contributed by atoms with van der Waals surface area (Å²) in [5, 5.41) is 10.6. The number of nitrogens with two attached hydrogens (primary N) is 1. The van der Waals surface area contributed by atoms with Gasteiger partial charge in [0.25, 0.3) is 0 Å². The lowest BCUT2D eigenvalue weighted by Gasteiger charge is -2.49. The van der Waals surface area contributed by atoms with Gasteiger partial charge in [0.1, 0.15) is 29.5 Å². The van der Waals surface area contributed by atoms with Crippen LogP contribution in [0.5, 0.6) is 5.88 Å². The molecule has 0 aromatic carbocycles. The lowest BCUT2D eigenvalue weighted by Crippen LogP contribution is -2.68. The Morgan fingerprint density at radius 3 is 2.48 bits per heavy atom. The highest BCUT2D eigenvalue weighted by atomic mass is 19.4. The van der Waals surface area contributed by atoms with E-state index in [1.54, 1.807) is 34.6 Å². The Morgan fingerprint density at radius 2 is 1.84 bits per heavy atom. The largest absolute Gasteiger partial charge is 0.475 e. The van der Waals surface area contributed by atoms with Crippen molar-refractivity contribution in [2.75, 3.05) is 23.8 Å². The van der Waals surface area contributed by atoms with Gasteiger partial charge in [0, 0.05) is 16.6 Å². The van der Waals surface area contributed by atoms with Crippen molar-refractivity contribution < 1.29 is 31.8 Å². The number of ether oxygens (including phenoxy) is 2. The fourth-order valence-electron chi connectivity index (χ4n) is 6.76. The van der Waals surface area contributed by atoms with E-state index in [9.17, 15) is 23.2 Å². The molecular weight excluding hydrogens is 582 g/mol. The number of fused-ring (bicyclic) bond motifs is 5. The third-order valence-electron chi connectivity index (χ3n) is 8.66. The molecule has 3 atom stereocenters. The predicted molar refractivity (Wildman–Crippen MR) is 152 cm³/mol. The molecule has 3 aliphatic rings. The highest BCUT2D eigenvalue weighted by Gasteiger charge is 2.60. The molecule has 232 valence electrons. The average molecular weight is 614 g/mol. The number of alkyl halides is 3. The molecule has 14 heteroatoms. The highest BCUT2D eigenvalue weighted by Crippen LogP contribution is 2.50. The summed E-state index contributed by atoms with van der Waals surface area (Å²) >= 11 is 0. The Kier molecular flexibility index (Phi) is 6.43. The fourth-order valence-corrected chi connectivity index (χ4v) is 6.76. The second-order valence-corrected chi connectivity index (χ2v) is 12.6. The van der Waals surface area contributed by atoms with Crippen LogP contribution in [0.2, 0.25) is 0 Å². The molecule has 0 saturated carbocycles. The van der Waals surface area contributed by atoms with E-state index in [-0.39, 0.29) is 41.4 Å². The molecule has 3 aromatic heterocycles. The number of carbonyl (C=O) groups excluding carboxylic acids is 1. The smallest absolute Gasteiger partial charge is 0.418 e. The van der Waals surface area contributed by atoms with E-state index in [1.165, 1.54) is 4.90 Å². The van der Waals surface area contributed by atoms with Gasteiger partial charge in [-0.3, -0.25) is 4.90 Å². The Morgan fingerprint density at radius 1 is 1.14 bits per heavy atom. The van der Waals surface area contributed by atoms with Gasteiger partial charge in [-0.05, 0) is 66.0 Å². The third-order valence-corrected chi connectivity index (χ3v) is 8.66. The second kappa shape index (κ2) is 9.54. The lowest BCUT2D eigenvalue weighted by molar-refractivity contribution is -0.137. The van der Waals surface area contributed by atoms with Gasteiger partial charge < -0.3 is 20.1 Å². The quantitative estimate of drug-likeness (QED) is 0.349. The maximum absolute atomic E-state index is 16.6. The minimum absolute atomic E-state index is 0.00207. The van der Waals surface area contributed by atoms with Gasteiger partial charge in [-0.2, -0.15) is 18.4 Å². The Hall–Kier alpha value is -4.41. The number of pyridine rings is 3. The number of piperazine rings is 1. The SMILES string of the molecule is Cc1nc(N)cc(-c2nc3c4c(nc(C)c(C)c4c2F)N2C[C@@]4(C#N)CC[C@@H]([C@H]2CO3)N4C(=O)OC(C)(C)C)c1C(F)(F)F. The number of aryl methyl sites for hydroxylation is 3. The monoisotopic (exact) mass is 613 g/mol. The van der Waals surface area contributed by atoms with E-state index >= 15 is 4.39 Å². The molecule has 6 heterocycles. The van der Waals surface area contributed by atoms with Crippen molar-refractivity contribution in [1.29, 1.82) is 5.26 Å². The summed E-state index contributed by atoms with van der Waals surface area (Å²) in [6.45, 7) is 9.65. The zero-order chi connectivity index (χ0) is 32.1. The fraction of sp³-hybridized carbons (Fsp3) is 0.500. The molecule has 10 nitrogen and oxygen atoms in total. The molecular formula is C30H31F4N7O3. The van der Waals surface area contributed by atoms with Gasteiger partial charge >= 0.3 is 12.3 Å². The second-order valence-electron chi connectivity index (χ2n) is 12.6. The van der Waals surface area contributed by atoms with E-state index in [0.29, 0.717) is 24.1 Å². The number of amides is 1. The van der Waals surface area contributed by atoms with Crippen molar-refractivity contribution in [2.24, 2.45) is 0 Å². The van der Waals surface area contributed by atoms with Crippen LogP contribution in [0.1, 0.15) is 56.1 Å². The number of hydrogen-bond acceptors (Lipinski definition) is 9. The van der Waals surface area contributed by atoms with Crippen molar-refractivity contribution in [1.82, 2.24) is 19.9 Å². The van der Waals surface area contributed by atoms with Crippen LogP contribution in [0.3, 0.4) is 0 Å². The zero-order valence-corrected chi connectivity index (χ0v) is 25.1.